The summed E-state index contributed by atoms with van der Waals surface area (Å²) in [6, 6.07) is 3.88. The average Bonchev–Trinajstić information content (AvgIpc) is 2.07. The maximum atomic E-state index is 11.8. The Morgan fingerprint density at radius 1 is 1.50 bits per heavy atom. The molecule has 0 bridgehead atoms. The number of carbonyl (C=O) groups excluding carboxylic acids is 1. The fraction of sp³-hybridized carbons (Fsp3) is 0.125. The number of halogens is 3. The van der Waals surface area contributed by atoms with Gasteiger partial charge in [0.05, 0.1) is 4.47 Å². The lowest BCUT2D eigenvalue weighted by molar-refractivity contribution is -0.0503. The predicted octanol–water partition coefficient (Wildman–Crippen LogP) is 2.15. The van der Waals surface area contributed by atoms with E-state index in [9.17, 15) is 13.6 Å². The van der Waals surface area contributed by atoms with Crippen LogP contribution in [0.1, 0.15) is 10.4 Å². The third-order valence-electron chi connectivity index (χ3n) is 1.43. The number of primary amides is 1. The maximum absolute atomic E-state index is 11.8. The standard InChI is InChI=1S/C8H6BrF2NO2/c9-5-3-4(7(12)13)1-2-6(5)14-8(10)11/h1-3,8H,(H2,12,13). The van der Waals surface area contributed by atoms with E-state index in [0.29, 0.717) is 0 Å². The van der Waals surface area contributed by atoms with Crippen LogP contribution >= 0.6 is 15.9 Å². The molecule has 14 heavy (non-hydrogen) atoms. The van der Waals surface area contributed by atoms with Crippen LogP contribution in [0.5, 0.6) is 5.75 Å². The molecule has 1 aromatic rings. The number of hydrogen-bond acceptors (Lipinski definition) is 2. The van der Waals surface area contributed by atoms with Gasteiger partial charge in [-0.2, -0.15) is 8.78 Å². The van der Waals surface area contributed by atoms with E-state index in [2.05, 4.69) is 20.7 Å². The molecule has 0 saturated carbocycles. The number of amides is 1. The zero-order valence-corrected chi connectivity index (χ0v) is 8.42. The highest BCUT2D eigenvalue weighted by Gasteiger charge is 2.10. The molecule has 0 unspecified atom stereocenters. The molecule has 0 heterocycles. The summed E-state index contributed by atoms with van der Waals surface area (Å²) in [6.07, 6.45) is 0. The Hall–Kier alpha value is -1.17. The minimum Gasteiger partial charge on any atom is -0.434 e. The van der Waals surface area contributed by atoms with Crippen LogP contribution in [0.3, 0.4) is 0 Å². The molecule has 76 valence electrons. The van der Waals surface area contributed by atoms with Gasteiger partial charge in [-0.15, -0.1) is 0 Å². The SMILES string of the molecule is NC(=O)c1ccc(OC(F)F)c(Br)c1. The van der Waals surface area contributed by atoms with Gasteiger partial charge in [0.25, 0.3) is 0 Å². The highest BCUT2D eigenvalue weighted by Crippen LogP contribution is 2.27. The van der Waals surface area contributed by atoms with Crippen molar-refractivity contribution in [1.29, 1.82) is 0 Å². The summed E-state index contributed by atoms with van der Waals surface area (Å²) in [5.41, 5.74) is 5.21. The van der Waals surface area contributed by atoms with Gasteiger partial charge in [-0.3, -0.25) is 4.79 Å². The molecular weight excluding hydrogens is 260 g/mol. The molecule has 0 aliphatic rings. The van der Waals surface area contributed by atoms with Crippen molar-refractivity contribution in [3.05, 3.63) is 28.2 Å². The highest BCUT2D eigenvalue weighted by atomic mass is 79.9. The zero-order valence-electron chi connectivity index (χ0n) is 6.84. The van der Waals surface area contributed by atoms with E-state index in [-0.39, 0.29) is 15.8 Å². The van der Waals surface area contributed by atoms with Gasteiger partial charge in [-0.05, 0) is 34.1 Å². The number of rotatable bonds is 3. The van der Waals surface area contributed by atoms with Gasteiger partial charge in [0, 0.05) is 5.56 Å². The lowest BCUT2D eigenvalue weighted by atomic mass is 10.2. The van der Waals surface area contributed by atoms with Crippen molar-refractivity contribution in [2.45, 2.75) is 6.61 Å². The molecule has 1 amide bonds. The molecule has 0 fully saturated rings. The lowest BCUT2D eigenvalue weighted by Crippen LogP contribution is -2.11. The van der Waals surface area contributed by atoms with Crippen molar-refractivity contribution < 1.29 is 18.3 Å². The Labute approximate surface area is 87.0 Å². The largest absolute Gasteiger partial charge is 0.434 e. The van der Waals surface area contributed by atoms with E-state index in [4.69, 9.17) is 5.73 Å². The molecule has 3 nitrogen and oxygen atoms in total. The van der Waals surface area contributed by atoms with Crippen LogP contribution in [-0.4, -0.2) is 12.5 Å². The number of nitrogens with two attached hydrogens (primary N) is 1. The minimum atomic E-state index is -2.90. The van der Waals surface area contributed by atoms with Crippen molar-refractivity contribution in [3.8, 4) is 5.75 Å². The second-order valence-electron chi connectivity index (χ2n) is 2.39. The van der Waals surface area contributed by atoms with Crippen LogP contribution in [0.4, 0.5) is 8.78 Å². The fourth-order valence-corrected chi connectivity index (χ4v) is 1.32. The number of hydrogen-bond donors (Lipinski definition) is 1. The summed E-state index contributed by atoms with van der Waals surface area (Å²) >= 11 is 2.98. The van der Waals surface area contributed by atoms with E-state index < -0.39 is 12.5 Å². The fourth-order valence-electron chi connectivity index (χ4n) is 0.846. The molecule has 1 aromatic carbocycles. The monoisotopic (exact) mass is 265 g/mol. The number of benzene rings is 1. The van der Waals surface area contributed by atoms with E-state index in [1.807, 2.05) is 0 Å². The van der Waals surface area contributed by atoms with Gasteiger partial charge < -0.3 is 10.5 Å². The first-order valence-electron chi connectivity index (χ1n) is 3.55. The first kappa shape index (κ1) is 10.9. The van der Waals surface area contributed by atoms with E-state index >= 15 is 0 Å². The van der Waals surface area contributed by atoms with Crippen molar-refractivity contribution in [3.63, 3.8) is 0 Å². The minimum absolute atomic E-state index is 0.0370. The topological polar surface area (TPSA) is 52.3 Å². The molecule has 0 saturated heterocycles. The predicted molar refractivity (Wildman–Crippen MR) is 49.3 cm³/mol. The first-order chi connectivity index (χ1) is 6.50. The Kier molecular flexibility index (Phi) is 3.40. The highest BCUT2D eigenvalue weighted by molar-refractivity contribution is 9.10. The van der Waals surface area contributed by atoms with E-state index in [1.54, 1.807) is 0 Å². The molecule has 0 aliphatic heterocycles. The summed E-state index contributed by atoms with van der Waals surface area (Å²) in [5.74, 6) is -0.667. The number of alkyl halides is 2. The molecule has 0 atom stereocenters. The van der Waals surface area contributed by atoms with Gasteiger partial charge in [0.1, 0.15) is 5.75 Å². The van der Waals surface area contributed by atoms with Gasteiger partial charge in [0.15, 0.2) is 0 Å². The third kappa shape index (κ3) is 2.66. The quantitative estimate of drug-likeness (QED) is 0.911. The van der Waals surface area contributed by atoms with Crippen molar-refractivity contribution in [2.75, 3.05) is 0 Å². The maximum Gasteiger partial charge on any atom is 0.387 e. The summed E-state index contributed by atoms with van der Waals surface area (Å²) in [6.45, 7) is -2.90. The van der Waals surface area contributed by atoms with Gasteiger partial charge >= 0.3 is 6.61 Å². The van der Waals surface area contributed by atoms with Crippen LogP contribution < -0.4 is 10.5 Å². The van der Waals surface area contributed by atoms with Crippen LogP contribution in [-0.2, 0) is 0 Å². The zero-order chi connectivity index (χ0) is 10.7. The molecule has 2 N–H and O–H groups in total. The Bertz CT molecular complexity index is 357. The van der Waals surface area contributed by atoms with E-state index in [0.717, 1.165) is 0 Å². The van der Waals surface area contributed by atoms with Gasteiger partial charge in [-0.25, -0.2) is 0 Å². The number of ether oxygens (including phenoxy) is 1. The Morgan fingerprint density at radius 2 is 2.14 bits per heavy atom. The smallest absolute Gasteiger partial charge is 0.387 e. The van der Waals surface area contributed by atoms with Crippen LogP contribution in [0.15, 0.2) is 22.7 Å². The molecule has 6 heteroatoms. The van der Waals surface area contributed by atoms with Crippen LogP contribution in [0.25, 0.3) is 0 Å². The third-order valence-corrected chi connectivity index (χ3v) is 2.05. The molecule has 0 radical (unpaired) electrons. The number of carbonyl (C=O) groups is 1. The Balaban J connectivity index is 2.95. The molecule has 0 aromatic heterocycles. The van der Waals surface area contributed by atoms with Crippen molar-refractivity contribution in [1.82, 2.24) is 0 Å². The van der Waals surface area contributed by atoms with Crippen LogP contribution in [0.2, 0.25) is 0 Å². The molecule has 0 spiro atoms. The molecule has 1 rings (SSSR count). The summed E-state index contributed by atoms with van der Waals surface area (Å²) in [4.78, 5) is 10.7. The molecule has 0 aliphatic carbocycles. The summed E-state index contributed by atoms with van der Waals surface area (Å²) in [5, 5.41) is 0. The average molecular weight is 266 g/mol. The van der Waals surface area contributed by atoms with E-state index in [1.165, 1.54) is 18.2 Å². The second kappa shape index (κ2) is 4.36. The summed E-state index contributed by atoms with van der Waals surface area (Å²) < 4.78 is 28.1. The second-order valence-corrected chi connectivity index (χ2v) is 3.24. The molecular formula is C8H6BrF2NO2. The van der Waals surface area contributed by atoms with Gasteiger partial charge in [-0.1, -0.05) is 0 Å². The summed E-state index contributed by atoms with van der Waals surface area (Å²) in [7, 11) is 0. The normalized spacial score (nSPS) is 10.3. The van der Waals surface area contributed by atoms with Gasteiger partial charge in [0.2, 0.25) is 5.91 Å². The lowest BCUT2D eigenvalue weighted by Gasteiger charge is -2.06. The first-order valence-corrected chi connectivity index (χ1v) is 4.34. The van der Waals surface area contributed by atoms with Crippen molar-refractivity contribution in [2.24, 2.45) is 5.73 Å². The van der Waals surface area contributed by atoms with Crippen LogP contribution in [0, 0.1) is 0 Å². The Morgan fingerprint density at radius 3 is 2.57 bits per heavy atom. The van der Waals surface area contributed by atoms with Crippen molar-refractivity contribution >= 4 is 21.8 Å².